The van der Waals surface area contributed by atoms with Gasteiger partial charge in [-0.2, -0.15) is 0 Å². The lowest BCUT2D eigenvalue weighted by atomic mass is 10.1. The molecule has 0 aliphatic rings. The number of rotatable bonds is 9. The predicted molar refractivity (Wildman–Crippen MR) is 115 cm³/mol. The summed E-state index contributed by atoms with van der Waals surface area (Å²) in [6.07, 6.45) is 0.860. The molecule has 1 unspecified atom stereocenters. The Bertz CT molecular complexity index is 790. The number of nitrogens with one attached hydrogen (secondary N) is 1. The summed E-state index contributed by atoms with van der Waals surface area (Å²) in [5.41, 5.74) is 2.68. The Kier molecular flexibility index (Phi) is 8.02. The molecular weight excluding hydrogens is 374 g/mol. The van der Waals surface area contributed by atoms with E-state index in [-0.39, 0.29) is 24.5 Å². The van der Waals surface area contributed by atoms with Crippen LogP contribution in [0.5, 0.6) is 0 Å². The first-order valence-corrected chi connectivity index (χ1v) is 10.2. The van der Waals surface area contributed by atoms with Crippen LogP contribution in [0.25, 0.3) is 0 Å². The lowest BCUT2D eigenvalue weighted by Gasteiger charge is -2.30. The van der Waals surface area contributed by atoms with E-state index < -0.39 is 0 Å². The van der Waals surface area contributed by atoms with Gasteiger partial charge in [0.15, 0.2) is 0 Å². The van der Waals surface area contributed by atoms with Crippen molar-refractivity contribution in [3.8, 4) is 0 Å². The minimum Gasteiger partial charge on any atom is -0.377 e. The molecule has 6 nitrogen and oxygen atoms in total. The number of carbonyl (C=O) groups excluding carboxylic acids is 2. The largest absolute Gasteiger partial charge is 0.377 e. The summed E-state index contributed by atoms with van der Waals surface area (Å²) in [5, 5.41) is 4.75. The van der Waals surface area contributed by atoms with Gasteiger partial charge in [-0.05, 0) is 48.6 Å². The van der Waals surface area contributed by atoms with E-state index in [1.807, 2.05) is 59.6 Å². The van der Waals surface area contributed by atoms with Crippen molar-refractivity contribution >= 4 is 34.5 Å². The molecule has 0 aliphatic carbocycles. The molecule has 1 aromatic heterocycles. The molecular formula is C21H29N3O3S. The molecule has 7 heteroatoms. The van der Waals surface area contributed by atoms with Gasteiger partial charge in [-0.3, -0.25) is 9.59 Å². The Morgan fingerprint density at radius 1 is 1.25 bits per heavy atom. The van der Waals surface area contributed by atoms with E-state index in [1.165, 1.54) is 18.4 Å². The van der Waals surface area contributed by atoms with Crippen LogP contribution < -0.4 is 10.2 Å². The lowest BCUT2D eigenvalue weighted by molar-refractivity contribution is -0.119. The van der Waals surface area contributed by atoms with Crippen LogP contribution in [0.2, 0.25) is 0 Å². The van der Waals surface area contributed by atoms with Crippen molar-refractivity contribution in [3.05, 3.63) is 46.2 Å². The van der Waals surface area contributed by atoms with Gasteiger partial charge in [-0.25, -0.2) is 0 Å². The number of thiophene rings is 1. The molecule has 0 aliphatic heterocycles. The van der Waals surface area contributed by atoms with E-state index >= 15 is 0 Å². The molecule has 0 saturated carbocycles. The maximum atomic E-state index is 13.1. The minimum absolute atomic E-state index is 0.000618. The number of benzene rings is 1. The van der Waals surface area contributed by atoms with Crippen molar-refractivity contribution in [1.82, 2.24) is 4.90 Å². The highest BCUT2D eigenvalue weighted by Gasteiger charge is 2.23. The monoisotopic (exact) mass is 403 g/mol. The molecule has 0 spiro atoms. The molecule has 1 N–H and O–H groups in total. The zero-order valence-electron chi connectivity index (χ0n) is 17.2. The van der Waals surface area contributed by atoms with Crippen molar-refractivity contribution in [3.63, 3.8) is 0 Å². The average Bonchev–Trinajstić information content (AvgIpc) is 3.19. The molecule has 1 aromatic carbocycles. The molecule has 2 amide bonds. The van der Waals surface area contributed by atoms with Gasteiger partial charge in [0.05, 0.1) is 4.88 Å². The van der Waals surface area contributed by atoms with Crippen LogP contribution in [0.1, 0.15) is 35.5 Å². The average molecular weight is 404 g/mol. The van der Waals surface area contributed by atoms with E-state index in [0.717, 1.165) is 22.5 Å². The minimum atomic E-state index is -0.209. The van der Waals surface area contributed by atoms with Crippen LogP contribution in [0.15, 0.2) is 35.7 Å². The molecule has 1 heterocycles. The van der Waals surface area contributed by atoms with Crippen LogP contribution in [0.3, 0.4) is 0 Å². The summed E-state index contributed by atoms with van der Waals surface area (Å²) < 4.78 is 4.88. The summed E-state index contributed by atoms with van der Waals surface area (Å²) in [6, 6.07) is 9.60. The summed E-state index contributed by atoms with van der Waals surface area (Å²) in [6.45, 7) is 4.60. The number of anilines is 2. The molecule has 0 fully saturated rings. The molecule has 0 saturated heterocycles. The fraction of sp³-hybridized carbons (Fsp3) is 0.429. The summed E-state index contributed by atoms with van der Waals surface area (Å²) in [5.74, 6) is -0.178. The lowest BCUT2D eigenvalue weighted by Crippen LogP contribution is -2.37. The topological polar surface area (TPSA) is 61.9 Å². The summed E-state index contributed by atoms with van der Waals surface area (Å²) in [4.78, 5) is 29.6. The van der Waals surface area contributed by atoms with E-state index in [9.17, 15) is 9.59 Å². The van der Waals surface area contributed by atoms with Crippen molar-refractivity contribution in [2.24, 2.45) is 0 Å². The van der Waals surface area contributed by atoms with Crippen molar-refractivity contribution in [2.45, 2.75) is 32.9 Å². The highest BCUT2D eigenvalue weighted by Crippen LogP contribution is 2.27. The maximum Gasteiger partial charge on any atom is 0.264 e. The molecule has 0 radical (unpaired) electrons. The number of methoxy groups -OCH3 is 1. The second kappa shape index (κ2) is 10.2. The number of hydrogen-bond acceptors (Lipinski definition) is 5. The number of nitrogens with zero attached hydrogens (tertiary/aromatic N) is 2. The van der Waals surface area contributed by atoms with E-state index in [4.69, 9.17) is 4.74 Å². The quantitative estimate of drug-likeness (QED) is 0.691. The first-order valence-electron chi connectivity index (χ1n) is 9.30. The van der Waals surface area contributed by atoms with Crippen molar-refractivity contribution in [2.75, 3.05) is 38.0 Å². The molecule has 2 aromatic rings. The zero-order valence-corrected chi connectivity index (χ0v) is 18.0. The Labute approximate surface area is 171 Å². The Hall–Kier alpha value is -2.38. The van der Waals surface area contributed by atoms with Gasteiger partial charge in [-0.1, -0.05) is 13.0 Å². The second-order valence-corrected chi connectivity index (χ2v) is 7.83. The number of ether oxygens (including phenoxy) is 1. The molecule has 1 atom stereocenters. The van der Waals surface area contributed by atoms with Gasteiger partial charge in [0.2, 0.25) is 5.91 Å². The summed E-state index contributed by atoms with van der Waals surface area (Å²) >= 11 is 1.45. The van der Waals surface area contributed by atoms with Crippen molar-refractivity contribution < 1.29 is 14.3 Å². The standard InChI is InChI=1S/C21H29N3O3S/c1-6-15(2)24(21(26)19-8-7-11-28-19)13-16-12-17(22-20(25)14-27-5)9-10-18(16)23(3)4/h7-12,15H,6,13-14H2,1-5H3,(H,22,25). The number of hydrogen-bond donors (Lipinski definition) is 1. The van der Waals surface area contributed by atoms with E-state index in [2.05, 4.69) is 19.2 Å². The molecule has 2 rings (SSSR count). The van der Waals surface area contributed by atoms with Crippen LogP contribution >= 0.6 is 11.3 Å². The van der Waals surface area contributed by atoms with Gasteiger partial charge < -0.3 is 19.9 Å². The van der Waals surface area contributed by atoms with Gasteiger partial charge in [0.1, 0.15) is 6.61 Å². The Morgan fingerprint density at radius 2 is 2.00 bits per heavy atom. The smallest absolute Gasteiger partial charge is 0.264 e. The van der Waals surface area contributed by atoms with E-state index in [1.54, 1.807) is 0 Å². The van der Waals surface area contributed by atoms with E-state index in [0.29, 0.717) is 12.2 Å². The Morgan fingerprint density at radius 3 is 2.57 bits per heavy atom. The summed E-state index contributed by atoms with van der Waals surface area (Å²) in [7, 11) is 5.42. The molecule has 28 heavy (non-hydrogen) atoms. The predicted octanol–water partition coefficient (Wildman–Crippen LogP) is 3.84. The van der Waals surface area contributed by atoms with Crippen molar-refractivity contribution in [1.29, 1.82) is 0 Å². The molecule has 0 bridgehead atoms. The highest BCUT2D eigenvalue weighted by molar-refractivity contribution is 7.12. The first-order chi connectivity index (χ1) is 13.4. The zero-order chi connectivity index (χ0) is 20.7. The maximum absolute atomic E-state index is 13.1. The third-order valence-electron chi connectivity index (χ3n) is 4.58. The van der Waals surface area contributed by atoms with Gasteiger partial charge in [0.25, 0.3) is 5.91 Å². The normalized spacial score (nSPS) is 11.8. The highest BCUT2D eigenvalue weighted by atomic mass is 32.1. The second-order valence-electron chi connectivity index (χ2n) is 6.89. The van der Waals surface area contributed by atoms with Crippen LogP contribution in [0, 0.1) is 0 Å². The fourth-order valence-corrected chi connectivity index (χ4v) is 3.61. The first kappa shape index (κ1) is 21.9. The van der Waals surface area contributed by atoms with Crippen LogP contribution in [-0.2, 0) is 16.1 Å². The van der Waals surface area contributed by atoms with Gasteiger partial charge in [0, 0.05) is 45.2 Å². The van der Waals surface area contributed by atoms with Gasteiger partial charge in [-0.15, -0.1) is 11.3 Å². The number of amides is 2. The molecule has 152 valence electrons. The SMILES string of the molecule is CCC(C)N(Cc1cc(NC(=O)COC)ccc1N(C)C)C(=O)c1cccs1. The fourth-order valence-electron chi connectivity index (χ4n) is 2.93. The third-order valence-corrected chi connectivity index (χ3v) is 5.43. The third kappa shape index (κ3) is 5.56. The van der Waals surface area contributed by atoms with Gasteiger partial charge >= 0.3 is 0 Å². The number of carbonyl (C=O) groups is 2. The van der Waals surface area contributed by atoms with Crippen LogP contribution in [0.4, 0.5) is 11.4 Å². The Balaban J connectivity index is 2.35. The van der Waals surface area contributed by atoms with Crippen LogP contribution in [-0.4, -0.2) is 50.6 Å².